The summed E-state index contributed by atoms with van der Waals surface area (Å²) >= 11 is 1.93. The summed E-state index contributed by atoms with van der Waals surface area (Å²) < 4.78 is 0. The van der Waals surface area contributed by atoms with Crippen LogP contribution in [0.5, 0.6) is 0 Å². The summed E-state index contributed by atoms with van der Waals surface area (Å²) in [5.74, 6) is 3.23. The van der Waals surface area contributed by atoms with Gasteiger partial charge in [-0.15, -0.1) is 11.8 Å². The second kappa shape index (κ2) is 10.8. The molecule has 0 radical (unpaired) electrons. The molecule has 3 nitrogen and oxygen atoms in total. The number of benzene rings is 6. The van der Waals surface area contributed by atoms with Gasteiger partial charge < -0.3 is 0 Å². The van der Waals surface area contributed by atoms with Crippen molar-refractivity contribution >= 4 is 22.5 Å². The molecule has 0 amide bonds. The van der Waals surface area contributed by atoms with E-state index in [0.29, 0.717) is 5.82 Å². The number of hydrogen-bond acceptors (Lipinski definition) is 4. The van der Waals surface area contributed by atoms with E-state index in [-0.39, 0.29) is 5.92 Å². The van der Waals surface area contributed by atoms with Crippen LogP contribution in [-0.2, 0) is 12.2 Å². The van der Waals surface area contributed by atoms with Gasteiger partial charge in [-0.3, -0.25) is 0 Å². The van der Waals surface area contributed by atoms with Crippen molar-refractivity contribution in [3.05, 3.63) is 156 Å². The molecule has 0 N–H and O–H groups in total. The molecular formula is C41H29N3S. The number of rotatable bonds is 3. The first-order valence-corrected chi connectivity index (χ1v) is 16.6. The highest BCUT2D eigenvalue weighted by atomic mass is 32.2. The smallest absolute Gasteiger partial charge is 0.164 e. The van der Waals surface area contributed by atoms with E-state index >= 15 is 0 Å². The molecule has 0 spiro atoms. The molecule has 0 saturated heterocycles. The summed E-state index contributed by atoms with van der Waals surface area (Å²) in [7, 11) is 0. The van der Waals surface area contributed by atoms with Gasteiger partial charge in [0, 0.05) is 27.7 Å². The number of hydrogen-bond donors (Lipinski definition) is 0. The molecule has 1 aliphatic heterocycles. The normalized spacial score (nSPS) is 15.0. The van der Waals surface area contributed by atoms with Gasteiger partial charge in [-0.2, -0.15) is 0 Å². The van der Waals surface area contributed by atoms with Crippen molar-refractivity contribution in [1.29, 1.82) is 0 Å². The van der Waals surface area contributed by atoms with E-state index in [0.717, 1.165) is 46.8 Å². The van der Waals surface area contributed by atoms with Crippen molar-refractivity contribution in [3.63, 3.8) is 0 Å². The average Bonchev–Trinajstić information content (AvgIpc) is 3.28. The Labute approximate surface area is 267 Å². The summed E-state index contributed by atoms with van der Waals surface area (Å²) in [6, 6.07) is 47.7. The van der Waals surface area contributed by atoms with Crippen LogP contribution in [0.2, 0.25) is 0 Å². The molecule has 0 bridgehead atoms. The zero-order valence-corrected chi connectivity index (χ0v) is 25.5. The second-order valence-electron chi connectivity index (χ2n) is 11.8. The molecule has 1 atom stereocenters. The van der Waals surface area contributed by atoms with Crippen molar-refractivity contribution in [2.45, 2.75) is 29.4 Å². The van der Waals surface area contributed by atoms with Gasteiger partial charge in [-0.1, -0.05) is 127 Å². The molecule has 1 aromatic heterocycles. The molecule has 9 rings (SSSR count). The Kier molecular flexibility index (Phi) is 6.34. The van der Waals surface area contributed by atoms with Gasteiger partial charge in [0.15, 0.2) is 11.6 Å². The largest absolute Gasteiger partial charge is 0.212 e. The second-order valence-corrected chi connectivity index (χ2v) is 12.8. The van der Waals surface area contributed by atoms with Gasteiger partial charge in [-0.25, -0.2) is 15.0 Å². The number of aromatic nitrogens is 3. The Bertz CT molecular complexity index is 2240. The molecule has 4 heteroatoms. The summed E-state index contributed by atoms with van der Waals surface area (Å²) in [4.78, 5) is 17.2. The zero-order chi connectivity index (χ0) is 29.7. The lowest BCUT2D eigenvalue weighted by Gasteiger charge is -2.28. The molecule has 214 valence electrons. The molecule has 1 aliphatic carbocycles. The summed E-state index contributed by atoms with van der Waals surface area (Å²) in [5, 5.41) is 2.32. The molecule has 6 aromatic carbocycles. The maximum atomic E-state index is 5.38. The standard InChI is InChI=1S/C41H29N3S/c1-2-13-28(14-3-1)39-42-40(33-19-10-15-26-11-4-7-17-31(26)33)44-41(43-39)35-24-21-27-12-5-6-16-30(27)32-23-22-29-25-45-36-20-9-8-18-34(36)37(29)38(32)35/h1-20,22-23,35H,21,24-25H2. The predicted molar refractivity (Wildman–Crippen MR) is 185 cm³/mol. The molecule has 7 aromatic rings. The Hall–Kier alpha value is -5.06. The van der Waals surface area contributed by atoms with Crippen molar-refractivity contribution in [2.75, 3.05) is 0 Å². The van der Waals surface area contributed by atoms with Crippen molar-refractivity contribution < 1.29 is 0 Å². The highest BCUT2D eigenvalue weighted by Gasteiger charge is 2.32. The zero-order valence-electron chi connectivity index (χ0n) is 24.7. The topological polar surface area (TPSA) is 38.7 Å². The van der Waals surface area contributed by atoms with Crippen LogP contribution in [0.25, 0.3) is 55.8 Å². The van der Waals surface area contributed by atoms with E-state index in [1.165, 1.54) is 49.2 Å². The molecule has 0 fully saturated rings. The third kappa shape index (κ3) is 4.48. The van der Waals surface area contributed by atoms with Crippen LogP contribution < -0.4 is 0 Å². The van der Waals surface area contributed by atoms with Crippen LogP contribution in [0.1, 0.15) is 34.9 Å². The fourth-order valence-corrected chi connectivity index (χ4v) is 8.22. The van der Waals surface area contributed by atoms with Crippen LogP contribution in [0.15, 0.2) is 138 Å². The third-order valence-corrected chi connectivity index (χ3v) is 10.4. The van der Waals surface area contributed by atoms with Crippen molar-refractivity contribution in [1.82, 2.24) is 15.0 Å². The first-order chi connectivity index (χ1) is 22.3. The SMILES string of the molecule is c1ccc(-c2nc(-c3cccc4ccccc34)nc(C3CCc4ccccc4-c4ccc5c(c43)-c3ccccc3SC5)n2)cc1. The lowest BCUT2D eigenvalue weighted by molar-refractivity contribution is 0.677. The lowest BCUT2D eigenvalue weighted by Crippen LogP contribution is -2.13. The van der Waals surface area contributed by atoms with Crippen molar-refractivity contribution in [3.8, 4) is 45.0 Å². The Morgan fingerprint density at radius 1 is 0.533 bits per heavy atom. The highest BCUT2D eigenvalue weighted by Crippen LogP contribution is 2.51. The minimum atomic E-state index is -0.00213. The number of nitrogens with zero attached hydrogens (tertiary/aromatic N) is 3. The van der Waals surface area contributed by atoms with E-state index in [2.05, 4.69) is 127 Å². The van der Waals surface area contributed by atoms with Gasteiger partial charge >= 0.3 is 0 Å². The number of thioether (sulfide) groups is 1. The quantitative estimate of drug-likeness (QED) is 0.204. The first kappa shape index (κ1) is 26.4. The van der Waals surface area contributed by atoms with E-state index in [1.54, 1.807) is 0 Å². The number of aryl methyl sites for hydroxylation is 1. The molecular weight excluding hydrogens is 567 g/mol. The van der Waals surface area contributed by atoms with Gasteiger partial charge in [-0.05, 0) is 68.6 Å². The minimum absolute atomic E-state index is 0.00213. The predicted octanol–water partition coefficient (Wildman–Crippen LogP) is 10.4. The van der Waals surface area contributed by atoms with Gasteiger partial charge in [0.05, 0.1) is 0 Å². The Morgan fingerprint density at radius 2 is 1.27 bits per heavy atom. The van der Waals surface area contributed by atoms with Crippen molar-refractivity contribution in [2.24, 2.45) is 0 Å². The van der Waals surface area contributed by atoms with Crippen LogP contribution in [0.3, 0.4) is 0 Å². The molecule has 2 heterocycles. The average molecular weight is 596 g/mol. The molecule has 45 heavy (non-hydrogen) atoms. The molecule has 1 unspecified atom stereocenters. The third-order valence-electron chi connectivity index (χ3n) is 9.26. The molecule has 0 saturated carbocycles. The number of fused-ring (bicyclic) bond motifs is 8. The summed E-state index contributed by atoms with van der Waals surface area (Å²) in [6.07, 6.45) is 1.87. The highest BCUT2D eigenvalue weighted by molar-refractivity contribution is 7.98. The van der Waals surface area contributed by atoms with Gasteiger partial charge in [0.1, 0.15) is 5.82 Å². The van der Waals surface area contributed by atoms with E-state index < -0.39 is 0 Å². The van der Waals surface area contributed by atoms with Crippen LogP contribution in [-0.4, -0.2) is 15.0 Å². The van der Waals surface area contributed by atoms with Crippen LogP contribution >= 0.6 is 11.8 Å². The molecule has 2 aliphatic rings. The van der Waals surface area contributed by atoms with Gasteiger partial charge in [0.25, 0.3) is 0 Å². The van der Waals surface area contributed by atoms with Crippen LogP contribution in [0.4, 0.5) is 0 Å². The first-order valence-electron chi connectivity index (χ1n) is 15.6. The fourth-order valence-electron chi connectivity index (χ4n) is 7.16. The minimum Gasteiger partial charge on any atom is -0.212 e. The summed E-state index contributed by atoms with van der Waals surface area (Å²) in [5.41, 5.74) is 11.4. The van der Waals surface area contributed by atoms with Gasteiger partial charge in [0.2, 0.25) is 0 Å². The summed E-state index contributed by atoms with van der Waals surface area (Å²) in [6.45, 7) is 0. The van der Waals surface area contributed by atoms with E-state index in [1.807, 2.05) is 17.8 Å². The Morgan fingerprint density at radius 3 is 2.20 bits per heavy atom. The van der Waals surface area contributed by atoms with E-state index in [4.69, 9.17) is 15.0 Å². The van der Waals surface area contributed by atoms with Crippen LogP contribution in [0, 0.1) is 0 Å². The maximum Gasteiger partial charge on any atom is 0.164 e. The monoisotopic (exact) mass is 595 g/mol. The maximum absolute atomic E-state index is 5.38. The fraction of sp³-hybridized carbons (Fsp3) is 0.0976. The Balaban J connectivity index is 1.34. The van der Waals surface area contributed by atoms with E-state index in [9.17, 15) is 0 Å². The lowest BCUT2D eigenvalue weighted by atomic mass is 9.81.